The van der Waals surface area contributed by atoms with Crippen LogP contribution in [0.25, 0.3) is 0 Å². The second kappa shape index (κ2) is 7.22. The molecule has 21 heavy (non-hydrogen) atoms. The fraction of sp³-hybridized carbons (Fsp3) is 0.385. The first-order chi connectivity index (χ1) is 9.90. The van der Waals surface area contributed by atoms with E-state index in [9.17, 15) is 19.7 Å². The average molecular weight is 297 g/mol. The van der Waals surface area contributed by atoms with E-state index >= 15 is 0 Å². The Labute approximate surface area is 120 Å². The van der Waals surface area contributed by atoms with Crippen LogP contribution in [0.2, 0.25) is 0 Å². The molecule has 8 nitrogen and oxygen atoms in total. The highest BCUT2D eigenvalue weighted by molar-refractivity contribution is 5.96. The second-order valence-electron chi connectivity index (χ2n) is 3.99. The molecule has 1 aromatic carbocycles. The van der Waals surface area contributed by atoms with Crippen LogP contribution in [0.3, 0.4) is 0 Å². The van der Waals surface area contributed by atoms with E-state index < -0.39 is 23.2 Å². The van der Waals surface area contributed by atoms with Crippen molar-refractivity contribution in [2.75, 3.05) is 20.3 Å². The van der Waals surface area contributed by atoms with Crippen molar-refractivity contribution in [1.82, 2.24) is 0 Å². The standard InChI is InChI=1S/C13H15NO7/c1-4-20-12-5-9(13(16)21-7-8(2)15)10(14(17)18)6-11(12)19-3/h5-6H,4,7H2,1-3H3. The summed E-state index contributed by atoms with van der Waals surface area (Å²) >= 11 is 0. The van der Waals surface area contributed by atoms with Crippen molar-refractivity contribution in [3.63, 3.8) is 0 Å². The van der Waals surface area contributed by atoms with Crippen LogP contribution in [0.5, 0.6) is 11.5 Å². The fourth-order valence-electron chi connectivity index (χ4n) is 1.54. The van der Waals surface area contributed by atoms with Gasteiger partial charge in [-0.2, -0.15) is 0 Å². The van der Waals surface area contributed by atoms with Gasteiger partial charge in [0.15, 0.2) is 17.3 Å². The molecule has 0 aliphatic heterocycles. The van der Waals surface area contributed by atoms with Crippen LogP contribution in [-0.4, -0.2) is 37.0 Å². The Kier molecular flexibility index (Phi) is 5.65. The molecular weight excluding hydrogens is 282 g/mol. The van der Waals surface area contributed by atoms with Crippen LogP contribution in [-0.2, 0) is 9.53 Å². The quantitative estimate of drug-likeness (QED) is 0.429. The number of Topliss-reactive ketones (excluding diaryl/α,β-unsaturated/α-hetero) is 1. The number of ketones is 1. The number of carbonyl (C=O) groups is 2. The molecule has 0 atom stereocenters. The van der Waals surface area contributed by atoms with Crippen LogP contribution in [0.4, 0.5) is 5.69 Å². The highest BCUT2D eigenvalue weighted by Crippen LogP contribution is 2.35. The molecule has 0 aliphatic carbocycles. The van der Waals surface area contributed by atoms with Gasteiger partial charge in [0.2, 0.25) is 0 Å². The van der Waals surface area contributed by atoms with Crippen LogP contribution < -0.4 is 9.47 Å². The molecule has 114 valence electrons. The van der Waals surface area contributed by atoms with Gasteiger partial charge in [-0.25, -0.2) is 4.79 Å². The van der Waals surface area contributed by atoms with E-state index in [2.05, 4.69) is 0 Å². The second-order valence-corrected chi connectivity index (χ2v) is 3.99. The summed E-state index contributed by atoms with van der Waals surface area (Å²) in [6.07, 6.45) is 0. The van der Waals surface area contributed by atoms with Gasteiger partial charge < -0.3 is 14.2 Å². The molecule has 0 spiro atoms. The molecule has 0 heterocycles. The van der Waals surface area contributed by atoms with Gasteiger partial charge >= 0.3 is 5.97 Å². The van der Waals surface area contributed by atoms with Crippen molar-refractivity contribution in [1.29, 1.82) is 0 Å². The van der Waals surface area contributed by atoms with Crippen molar-refractivity contribution in [3.8, 4) is 11.5 Å². The molecule has 8 heteroatoms. The number of nitro groups is 1. The molecule has 0 bridgehead atoms. The lowest BCUT2D eigenvalue weighted by Crippen LogP contribution is -2.13. The minimum atomic E-state index is -0.972. The molecule has 0 aromatic heterocycles. The van der Waals surface area contributed by atoms with Crippen molar-refractivity contribution in [2.45, 2.75) is 13.8 Å². The third-order valence-corrected chi connectivity index (χ3v) is 2.40. The first-order valence-electron chi connectivity index (χ1n) is 6.06. The predicted octanol–water partition coefficient (Wildman–Crippen LogP) is 1.75. The minimum absolute atomic E-state index is 0.131. The predicted molar refractivity (Wildman–Crippen MR) is 71.8 cm³/mol. The third kappa shape index (κ3) is 4.16. The van der Waals surface area contributed by atoms with E-state index in [1.807, 2.05) is 0 Å². The van der Waals surface area contributed by atoms with Gasteiger partial charge in [-0.05, 0) is 13.8 Å². The highest BCUT2D eigenvalue weighted by Gasteiger charge is 2.26. The number of rotatable bonds is 7. The Hall–Kier alpha value is -2.64. The molecule has 0 saturated heterocycles. The number of carbonyl (C=O) groups excluding carboxylic acids is 2. The minimum Gasteiger partial charge on any atom is -0.493 e. The van der Waals surface area contributed by atoms with E-state index in [4.69, 9.17) is 14.2 Å². The zero-order valence-electron chi connectivity index (χ0n) is 11.9. The van der Waals surface area contributed by atoms with Gasteiger partial charge in [0, 0.05) is 6.07 Å². The normalized spacial score (nSPS) is 9.86. The molecule has 0 N–H and O–H groups in total. The highest BCUT2D eigenvalue weighted by atomic mass is 16.6. The first kappa shape index (κ1) is 16.4. The summed E-state index contributed by atoms with van der Waals surface area (Å²) in [5, 5.41) is 11.0. The summed E-state index contributed by atoms with van der Waals surface area (Å²) in [5.41, 5.74) is -0.783. The Morgan fingerprint density at radius 2 is 1.95 bits per heavy atom. The smallest absolute Gasteiger partial charge is 0.345 e. The van der Waals surface area contributed by atoms with Crippen molar-refractivity contribution in [2.24, 2.45) is 0 Å². The molecule has 0 unspecified atom stereocenters. The lowest BCUT2D eigenvalue weighted by atomic mass is 10.1. The van der Waals surface area contributed by atoms with Crippen molar-refractivity contribution in [3.05, 3.63) is 27.8 Å². The fourth-order valence-corrected chi connectivity index (χ4v) is 1.54. The number of nitro benzene ring substituents is 1. The van der Waals surface area contributed by atoms with Gasteiger partial charge in [0.25, 0.3) is 5.69 Å². The van der Waals surface area contributed by atoms with Crippen LogP contribution in [0.15, 0.2) is 12.1 Å². The molecular formula is C13H15NO7. The summed E-state index contributed by atoms with van der Waals surface area (Å²) in [6.45, 7) is 2.79. The number of hydrogen-bond acceptors (Lipinski definition) is 7. The summed E-state index contributed by atoms with van der Waals surface area (Å²) in [5.74, 6) is -1.03. The van der Waals surface area contributed by atoms with E-state index in [1.165, 1.54) is 20.1 Å². The van der Waals surface area contributed by atoms with Gasteiger partial charge in [0.05, 0.1) is 24.7 Å². The molecule has 1 rings (SSSR count). The Balaban J connectivity index is 3.26. The summed E-state index contributed by atoms with van der Waals surface area (Å²) < 4.78 is 14.9. The Bertz CT molecular complexity index is 568. The van der Waals surface area contributed by atoms with Crippen LogP contribution in [0.1, 0.15) is 24.2 Å². The maximum absolute atomic E-state index is 11.9. The zero-order valence-corrected chi connectivity index (χ0v) is 11.9. The van der Waals surface area contributed by atoms with Gasteiger partial charge in [0.1, 0.15) is 12.2 Å². The number of benzene rings is 1. The molecule has 0 fully saturated rings. The van der Waals surface area contributed by atoms with Crippen molar-refractivity contribution >= 4 is 17.4 Å². The molecule has 0 aliphatic rings. The third-order valence-electron chi connectivity index (χ3n) is 2.40. The van der Waals surface area contributed by atoms with Crippen LogP contribution >= 0.6 is 0 Å². The monoisotopic (exact) mass is 297 g/mol. The molecule has 0 amide bonds. The summed E-state index contributed by atoms with van der Waals surface area (Å²) in [4.78, 5) is 33.0. The Morgan fingerprint density at radius 1 is 1.29 bits per heavy atom. The van der Waals surface area contributed by atoms with Gasteiger partial charge in [-0.15, -0.1) is 0 Å². The number of hydrogen-bond donors (Lipinski definition) is 0. The average Bonchev–Trinajstić information content (AvgIpc) is 2.44. The maximum Gasteiger partial charge on any atom is 0.345 e. The van der Waals surface area contributed by atoms with E-state index in [0.717, 1.165) is 6.07 Å². The van der Waals surface area contributed by atoms with E-state index in [-0.39, 0.29) is 29.5 Å². The number of methoxy groups -OCH3 is 1. The van der Waals surface area contributed by atoms with Crippen LogP contribution in [0, 0.1) is 10.1 Å². The maximum atomic E-state index is 11.9. The topological polar surface area (TPSA) is 105 Å². The lowest BCUT2D eigenvalue weighted by Gasteiger charge is -2.11. The van der Waals surface area contributed by atoms with Gasteiger partial charge in [-0.1, -0.05) is 0 Å². The van der Waals surface area contributed by atoms with E-state index in [0.29, 0.717) is 0 Å². The SMILES string of the molecule is CCOc1cc(C(=O)OCC(C)=O)c([N+](=O)[O-])cc1OC. The molecule has 0 saturated carbocycles. The summed E-state index contributed by atoms with van der Waals surface area (Å²) in [6, 6.07) is 2.25. The largest absolute Gasteiger partial charge is 0.493 e. The lowest BCUT2D eigenvalue weighted by molar-refractivity contribution is -0.385. The zero-order chi connectivity index (χ0) is 16.0. The summed E-state index contributed by atoms with van der Waals surface area (Å²) in [7, 11) is 1.33. The first-order valence-corrected chi connectivity index (χ1v) is 6.06. The van der Waals surface area contributed by atoms with E-state index in [1.54, 1.807) is 6.92 Å². The number of esters is 1. The Morgan fingerprint density at radius 3 is 2.43 bits per heavy atom. The number of ether oxygens (including phenoxy) is 3. The number of nitrogens with zero attached hydrogens (tertiary/aromatic N) is 1. The molecule has 1 aromatic rings. The van der Waals surface area contributed by atoms with Crippen molar-refractivity contribution < 1.29 is 28.7 Å². The molecule has 0 radical (unpaired) electrons. The van der Waals surface area contributed by atoms with Gasteiger partial charge in [-0.3, -0.25) is 14.9 Å².